The third kappa shape index (κ3) is 13.7. The van der Waals surface area contributed by atoms with Crippen LogP contribution in [0.25, 0.3) is 0 Å². The molecule has 0 saturated carbocycles. The number of hydrogen-bond donors (Lipinski definition) is 1. The van der Waals surface area contributed by atoms with Crippen molar-refractivity contribution in [2.75, 3.05) is 86.2 Å². The first-order chi connectivity index (χ1) is 32.5. The largest absolute Gasteiger partial charge is 0.497 e. The van der Waals surface area contributed by atoms with Crippen LogP contribution < -0.4 is 20.7 Å². The number of methoxy groups -OCH3 is 4. The Morgan fingerprint density at radius 1 is 0.716 bits per heavy atom. The summed E-state index contributed by atoms with van der Waals surface area (Å²) < 4.78 is 72.5. The van der Waals surface area contributed by atoms with Crippen molar-refractivity contribution in [1.29, 1.82) is 0 Å². The molecule has 2 aliphatic heterocycles. The molecule has 7 unspecified atom stereocenters. The number of hydrogen-bond acceptors (Lipinski definition) is 16. The Kier molecular flexibility index (Phi) is 21.0. The van der Waals surface area contributed by atoms with Gasteiger partial charge in [-0.2, -0.15) is 0 Å². The van der Waals surface area contributed by atoms with Crippen molar-refractivity contribution in [3.63, 3.8) is 0 Å². The van der Waals surface area contributed by atoms with Gasteiger partial charge in [0, 0.05) is 50.1 Å². The molecule has 67 heavy (non-hydrogen) atoms. The summed E-state index contributed by atoms with van der Waals surface area (Å²) in [5.41, 5.74) is 0.120. The van der Waals surface area contributed by atoms with Crippen molar-refractivity contribution >= 4 is 30.1 Å². The molecular weight excluding hydrogens is 922 g/mol. The number of rotatable bonds is 27. The number of aromatic nitrogens is 2. The monoisotopic (exact) mass is 987 g/mol. The van der Waals surface area contributed by atoms with E-state index in [4.69, 9.17) is 51.7 Å². The number of nitrogens with one attached hydrogen (secondary N) is 1. The molecule has 1 aromatic heterocycles. The molecular formula is C48H66N3O13PS2. The molecule has 7 atom stereocenters. The molecule has 2 fully saturated rings. The number of ether oxygens (including phenoxy) is 9. The molecule has 0 amide bonds. The lowest BCUT2D eigenvalue weighted by molar-refractivity contribution is -0.0963. The minimum absolute atomic E-state index is 0.00196. The Morgan fingerprint density at radius 3 is 1.84 bits per heavy atom. The summed E-state index contributed by atoms with van der Waals surface area (Å²) in [6.07, 6.45) is -2.75. The molecule has 3 heterocycles. The zero-order chi connectivity index (χ0) is 47.8. The Balaban J connectivity index is 1.36. The van der Waals surface area contributed by atoms with Crippen molar-refractivity contribution in [2.24, 2.45) is 0 Å². The van der Waals surface area contributed by atoms with Gasteiger partial charge in [-0.25, -0.2) is 9.46 Å². The summed E-state index contributed by atoms with van der Waals surface area (Å²) >= 11 is 0. The van der Waals surface area contributed by atoms with E-state index in [0.717, 1.165) is 16.7 Å². The van der Waals surface area contributed by atoms with Crippen molar-refractivity contribution in [2.45, 2.75) is 82.1 Å². The third-order valence-corrected chi connectivity index (χ3v) is 15.9. The maximum atomic E-state index is 13.5. The van der Waals surface area contributed by atoms with Crippen LogP contribution in [0.3, 0.4) is 0 Å². The molecule has 2 aliphatic rings. The lowest BCUT2D eigenvalue weighted by atomic mass is 9.80. The number of nitrogens with zero attached hydrogens (tertiary/aromatic N) is 2. The summed E-state index contributed by atoms with van der Waals surface area (Å²) in [6, 6.07) is 26.8. The Labute approximate surface area is 402 Å². The zero-order valence-electron chi connectivity index (χ0n) is 39.6. The molecule has 0 aliphatic carbocycles. The average Bonchev–Trinajstić information content (AvgIpc) is 3.68. The highest BCUT2D eigenvalue weighted by Crippen LogP contribution is 2.53. The number of aromatic amines is 1. The maximum Gasteiger partial charge on any atom is 0.330 e. The van der Waals surface area contributed by atoms with Gasteiger partial charge in [0.2, 0.25) is 0 Å². The lowest BCUT2D eigenvalue weighted by Gasteiger charge is -2.42. The van der Waals surface area contributed by atoms with Gasteiger partial charge in [0.1, 0.15) is 41.5 Å². The van der Waals surface area contributed by atoms with Gasteiger partial charge in [-0.3, -0.25) is 14.3 Å². The lowest BCUT2D eigenvalue weighted by Crippen LogP contribution is -2.45. The summed E-state index contributed by atoms with van der Waals surface area (Å²) in [4.78, 5) is 28.2. The predicted octanol–water partition coefficient (Wildman–Crippen LogP) is 7.05. The quantitative estimate of drug-likeness (QED) is 0.0280. The van der Waals surface area contributed by atoms with Crippen LogP contribution >= 0.6 is 30.1 Å². The third-order valence-electron chi connectivity index (χ3n) is 11.3. The first-order valence-corrected chi connectivity index (χ1v) is 26.1. The van der Waals surface area contributed by atoms with Crippen LogP contribution in [0.1, 0.15) is 50.6 Å². The molecule has 2 saturated heterocycles. The summed E-state index contributed by atoms with van der Waals surface area (Å²) in [5.74, 6) is 2.75. The minimum atomic E-state index is -1.85. The van der Waals surface area contributed by atoms with Gasteiger partial charge >= 0.3 is 5.69 Å². The SMILES string of the molecule is COCCOCCOCCOC1CSSCC1OP(OC1C(COC(c2ccccc2)(c2ccc(OC)cc2)c2ccc(OC)cc2)OC(n2ccc(=O)[nH]c2=O)C1OC)N(C(C)C)C(C)C. The second kappa shape index (κ2) is 26.6. The molecule has 1 N–H and O–H groups in total. The molecule has 368 valence electrons. The fourth-order valence-corrected chi connectivity index (χ4v) is 12.6. The van der Waals surface area contributed by atoms with Crippen molar-refractivity contribution in [3.05, 3.63) is 129 Å². The molecule has 6 rings (SSSR count). The van der Waals surface area contributed by atoms with E-state index in [1.165, 1.54) is 16.8 Å². The van der Waals surface area contributed by atoms with Gasteiger partial charge in [-0.1, -0.05) is 76.2 Å². The first-order valence-electron chi connectivity index (χ1n) is 22.4. The Morgan fingerprint density at radius 2 is 1.28 bits per heavy atom. The highest BCUT2D eigenvalue weighted by molar-refractivity contribution is 8.76. The van der Waals surface area contributed by atoms with Crippen LogP contribution in [0.5, 0.6) is 11.5 Å². The van der Waals surface area contributed by atoms with Crippen LogP contribution in [-0.4, -0.2) is 143 Å². The summed E-state index contributed by atoms with van der Waals surface area (Å²) in [6.45, 7) is 11.2. The fraction of sp³-hybridized carbons (Fsp3) is 0.542. The van der Waals surface area contributed by atoms with Crippen molar-refractivity contribution in [3.8, 4) is 11.5 Å². The highest BCUT2D eigenvalue weighted by atomic mass is 33.1. The van der Waals surface area contributed by atoms with Gasteiger partial charge < -0.3 is 51.7 Å². The van der Waals surface area contributed by atoms with Gasteiger partial charge in [-0.05, 0) is 68.7 Å². The normalized spacial score (nSPS) is 21.6. The Bertz CT molecular complexity index is 2110. The van der Waals surface area contributed by atoms with E-state index in [1.807, 2.05) is 78.9 Å². The van der Waals surface area contributed by atoms with Gasteiger partial charge in [0.25, 0.3) is 14.1 Å². The van der Waals surface area contributed by atoms with E-state index in [0.29, 0.717) is 62.6 Å². The average molecular weight is 988 g/mol. The van der Waals surface area contributed by atoms with Crippen molar-refractivity contribution in [1.82, 2.24) is 14.2 Å². The van der Waals surface area contributed by atoms with Gasteiger partial charge in [-0.15, -0.1) is 0 Å². The van der Waals surface area contributed by atoms with E-state index >= 15 is 0 Å². The molecule has 16 nitrogen and oxygen atoms in total. The number of H-pyrrole nitrogens is 1. The van der Waals surface area contributed by atoms with Crippen LogP contribution in [0.15, 0.2) is 101 Å². The summed E-state index contributed by atoms with van der Waals surface area (Å²) in [5, 5.41) is 0. The summed E-state index contributed by atoms with van der Waals surface area (Å²) in [7, 11) is 8.08. The smallest absolute Gasteiger partial charge is 0.330 e. The Hall–Kier alpha value is -3.33. The minimum Gasteiger partial charge on any atom is -0.497 e. The van der Waals surface area contributed by atoms with E-state index in [2.05, 4.69) is 37.3 Å². The standard InChI is InChI=1S/C48H66N3O13PS2/c1-33(2)51(34(3)4)65(63-42-32-67-66-31-41(42)60-29-28-59-27-26-58-25-24-54-5)64-44-40(62-46(45(44)57-8)50-23-22-43(52)49-47(50)53)30-61-48(35-12-10-9-11-13-35,36-14-18-38(55-6)19-15-36)37-16-20-39(56-7)21-17-37/h9-23,33-34,40-42,44-46H,24-32H2,1-8H3,(H,49,52,53). The van der Waals surface area contributed by atoms with E-state index in [1.54, 1.807) is 50.0 Å². The molecule has 4 aromatic rings. The highest BCUT2D eigenvalue weighted by Gasteiger charge is 2.52. The molecule has 3 aromatic carbocycles. The molecule has 0 spiro atoms. The van der Waals surface area contributed by atoms with Crippen LogP contribution in [-0.2, 0) is 47.8 Å². The zero-order valence-corrected chi connectivity index (χ0v) is 42.1. The molecule has 0 bridgehead atoms. The maximum absolute atomic E-state index is 13.5. The van der Waals surface area contributed by atoms with Crippen LogP contribution in [0.2, 0.25) is 0 Å². The second-order valence-electron chi connectivity index (χ2n) is 16.3. The van der Waals surface area contributed by atoms with Crippen LogP contribution in [0, 0.1) is 0 Å². The van der Waals surface area contributed by atoms with Crippen LogP contribution in [0.4, 0.5) is 0 Å². The molecule has 0 radical (unpaired) electrons. The van der Waals surface area contributed by atoms with Gasteiger partial charge in [0.15, 0.2) is 6.23 Å². The van der Waals surface area contributed by atoms with E-state index < -0.39 is 49.9 Å². The number of benzene rings is 3. The first kappa shape index (κ1) is 53.0. The van der Waals surface area contributed by atoms with E-state index in [-0.39, 0.29) is 30.9 Å². The predicted molar refractivity (Wildman–Crippen MR) is 261 cm³/mol. The topological polar surface area (TPSA) is 160 Å². The van der Waals surface area contributed by atoms with Crippen molar-refractivity contribution < 1.29 is 51.7 Å². The van der Waals surface area contributed by atoms with E-state index in [9.17, 15) is 9.59 Å². The second-order valence-corrected chi connectivity index (χ2v) is 20.2. The van der Waals surface area contributed by atoms with Gasteiger partial charge in [0.05, 0.1) is 66.6 Å². The fourth-order valence-electron chi connectivity index (χ4n) is 8.10. The molecule has 19 heteroatoms.